The van der Waals surface area contributed by atoms with Crippen LogP contribution in [-0.2, 0) is 16.2 Å². The van der Waals surface area contributed by atoms with Gasteiger partial charge in [-0.15, -0.1) is 0 Å². The summed E-state index contributed by atoms with van der Waals surface area (Å²) in [6.45, 7) is 0.231. The number of amides is 2. The van der Waals surface area contributed by atoms with Crippen molar-refractivity contribution in [1.82, 2.24) is 5.01 Å². The van der Waals surface area contributed by atoms with E-state index in [1.54, 1.807) is 30.3 Å². The summed E-state index contributed by atoms with van der Waals surface area (Å²) in [5, 5.41) is 16.3. The first kappa shape index (κ1) is 24.0. The minimum absolute atomic E-state index is 0.0218. The largest absolute Gasteiger partial charge is 0.489 e. The smallest absolute Gasteiger partial charge is 0.269 e. The second kappa shape index (κ2) is 9.27. The second-order valence-electron chi connectivity index (χ2n) is 10.3. The summed E-state index contributed by atoms with van der Waals surface area (Å²) in [6, 6.07) is 29.6. The number of carbonyl (C=O) groups is 2. The molecule has 40 heavy (non-hydrogen) atoms. The van der Waals surface area contributed by atoms with Crippen molar-refractivity contribution in [2.45, 2.75) is 18.4 Å². The van der Waals surface area contributed by atoms with Gasteiger partial charge in [0.15, 0.2) is 0 Å². The Morgan fingerprint density at radius 2 is 1.32 bits per heavy atom. The van der Waals surface area contributed by atoms with Crippen LogP contribution in [0.2, 0.25) is 0 Å². The van der Waals surface area contributed by atoms with Gasteiger partial charge in [0, 0.05) is 24.0 Å². The first-order chi connectivity index (χ1) is 19.5. The number of nitro groups is 1. The van der Waals surface area contributed by atoms with E-state index in [0.29, 0.717) is 11.3 Å². The molecule has 8 heteroatoms. The topological polar surface area (TPSA) is 102 Å². The molecule has 8 rings (SSSR count). The third-order valence-corrected chi connectivity index (χ3v) is 8.16. The number of carbonyl (C=O) groups excluding carboxylic acids is 2. The highest BCUT2D eigenvalue weighted by Crippen LogP contribution is 2.60. The van der Waals surface area contributed by atoms with Crippen molar-refractivity contribution in [3.63, 3.8) is 0 Å². The molecule has 2 amide bonds. The number of nitro benzene ring substituents is 1. The SMILES string of the molecule is O=C1[C@H]2C3c4ccccc4C(c4ccccc43)[C@@H]2C(=O)N1/N=C\c1cccc(OCc2ccc([N+](=O)[O-])cc2)c1. The van der Waals surface area contributed by atoms with Crippen LogP contribution in [0, 0.1) is 22.0 Å². The Labute approximate surface area is 229 Å². The quantitative estimate of drug-likeness (QED) is 0.144. The van der Waals surface area contributed by atoms with Crippen LogP contribution < -0.4 is 4.74 Å². The molecule has 8 nitrogen and oxygen atoms in total. The number of hydrogen-bond acceptors (Lipinski definition) is 6. The molecule has 1 fully saturated rings. The molecule has 4 aromatic rings. The van der Waals surface area contributed by atoms with E-state index in [9.17, 15) is 19.7 Å². The van der Waals surface area contributed by atoms with Crippen molar-refractivity contribution in [3.05, 3.63) is 141 Å². The van der Waals surface area contributed by atoms with Crippen molar-refractivity contribution >= 4 is 23.7 Å². The van der Waals surface area contributed by atoms with Gasteiger partial charge in [-0.25, -0.2) is 0 Å². The van der Waals surface area contributed by atoms with Crippen molar-refractivity contribution in [1.29, 1.82) is 0 Å². The van der Waals surface area contributed by atoms with Crippen LogP contribution in [0.3, 0.4) is 0 Å². The number of hydrazone groups is 1. The third-order valence-electron chi connectivity index (χ3n) is 8.16. The van der Waals surface area contributed by atoms with Gasteiger partial charge in [0.2, 0.25) is 0 Å². The Morgan fingerprint density at radius 3 is 1.85 bits per heavy atom. The molecule has 2 atom stereocenters. The van der Waals surface area contributed by atoms with Crippen molar-refractivity contribution in [2.75, 3.05) is 0 Å². The van der Waals surface area contributed by atoms with Crippen LogP contribution >= 0.6 is 0 Å². The highest BCUT2D eigenvalue weighted by molar-refractivity contribution is 6.08. The second-order valence-corrected chi connectivity index (χ2v) is 10.3. The van der Waals surface area contributed by atoms with Gasteiger partial charge in [-0.1, -0.05) is 60.7 Å². The molecule has 3 aliphatic carbocycles. The highest BCUT2D eigenvalue weighted by Gasteiger charge is 2.61. The van der Waals surface area contributed by atoms with Crippen LogP contribution in [0.4, 0.5) is 5.69 Å². The molecular formula is C32H23N3O5. The Balaban J connectivity index is 1.12. The Kier molecular flexibility index (Phi) is 5.55. The summed E-state index contributed by atoms with van der Waals surface area (Å²) >= 11 is 0. The van der Waals surface area contributed by atoms with Crippen molar-refractivity contribution in [3.8, 4) is 5.75 Å². The summed E-state index contributed by atoms with van der Waals surface area (Å²) in [6.07, 6.45) is 1.51. The molecule has 196 valence electrons. The predicted octanol–water partition coefficient (Wildman–Crippen LogP) is 5.40. The maximum atomic E-state index is 13.7. The number of imide groups is 1. The molecule has 0 N–H and O–H groups in total. The van der Waals surface area contributed by atoms with Gasteiger partial charge in [-0.05, 0) is 57.6 Å². The zero-order valence-corrected chi connectivity index (χ0v) is 21.2. The lowest BCUT2D eigenvalue weighted by molar-refractivity contribution is -0.384. The summed E-state index contributed by atoms with van der Waals surface area (Å²) < 4.78 is 5.85. The molecule has 4 aromatic carbocycles. The van der Waals surface area contributed by atoms with Gasteiger partial charge in [-0.3, -0.25) is 19.7 Å². The predicted molar refractivity (Wildman–Crippen MR) is 147 cm³/mol. The van der Waals surface area contributed by atoms with E-state index < -0.39 is 16.8 Å². The molecule has 0 radical (unpaired) electrons. The fourth-order valence-corrected chi connectivity index (χ4v) is 6.46. The number of non-ortho nitro benzene ring substituents is 1. The number of hydrogen-bond donors (Lipinski definition) is 0. The fourth-order valence-electron chi connectivity index (χ4n) is 6.46. The molecule has 0 aromatic heterocycles. The highest BCUT2D eigenvalue weighted by atomic mass is 16.6. The number of benzene rings is 4. The summed E-state index contributed by atoms with van der Waals surface area (Å²) in [5.74, 6) is -1.26. The van der Waals surface area contributed by atoms with Crippen molar-refractivity contribution < 1.29 is 19.2 Å². The molecule has 1 aliphatic heterocycles. The Morgan fingerprint density at radius 1 is 0.775 bits per heavy atom. The van der Waals surface area contributed by atoms with Gasteiger partial charge in [0.25, 0.3) is 17.5 Å². The number of rotatable bonds is 6. The average molecular weight is 530 g/mol. The van der Waals surface area contributed by atoms with Crippen LogP contribution in [-0.4, -0.2) is 28.0 Å². The summed E-state index contributed by atoms with van der Waals surface area (Å²) in [4.78, 5) is 37.8. The molecule has 0 spiro atoms. The monoisotopic (exact) mass is 529 g/mol. The molecule has 0 saturated carbocycles. The van der Waals surface area contributed by atoms with Crippen LogP contribution in [0.5, 0.6) is 5.75 Å². The van der Waals surface area contributed by atoms with E-state index in [1.165, 1.54) is 18.3 Å². The van der Waals surface area contributed by atoms with E-state index in [-0.39, 0.29) is 35.9 Å². The van der Waals surface area contributed by atoms with E-state index in [0.717, 1.165) is 32.8 Å². The minimum atomic E-state index is -0.476. The number of nitrogens with zero attached hydrogens (tertiary/aromatic N) is 3. The summed E-state index contributed by atoms with van der Waals surface area (Å²) in [7, 11) is 0. The van der Waals surface area contributed by atoms with Crippen molar-refractivity contribution in [2.24, 2.45) is 16.9 Å². The lowest BCUT2D eigenvalue weighted by Crippen LogP contribution is -2.41. The first-order valence-corrected chi connectivity index (χ1v) is 13.1. The summed E-state index contributed by atoms with van der Waals surface area (Å²) in [5.41, 5.74) is 5.97. The number of ether oxygens (including phenoxy) is 1. The molecule has 4 aliphatic rings. The molecular weight excluding hydrogens is 506 g/mol. The van der Waals surface area contributed by atoms with Crippen LogP contribution in [0.25, 0.3) is 0 Å². The van der Waals surface area contributed by atoms with Gasteiger partial charge in [-0.2, -0.15) is 10.1 Å². The van der Waals surface area contributed by atoms with Gasteiger partial charge < -0.3 is 4.74 Å². The third kappa shape index (κ3) is 3.71. The molecule has 1 saturated heterocycles. The lowest BCUT2D eigenvalue weighted by Gasteiger charge is -2.45. The molecule has 0 unspecified atom stereocenters. The lowest BCUT2D eigenvalue weighted by atomic mass is 9.55. The molecule has 1 heterocycles. The minimum Gasteiger partial charge on any atom is -0.489 e. The van der Waals surface area contributed by atoms with E-state index in [4.69, 9.17) is 4.74 Å². The maximum absolute atomic E-state index is 13.7. The Bertz CT molecular complexity index is 1600. The van der Waals surface area contributed by atoms with E-state index in [1.807, 2.05) is 30.3 Å². The van der Waals surface area contributed by atoms with Gasteiger partial charge in [0.05, 0.1) is 23.0 Å². The first-order valence-electron chi connectivity index (χ1n) is 13.1. The Hall–Kier alpha value is -5.11. The van der Waals surface area contributed by atoms with Crippen LogP contribution in [0.1, 0.15) is 45.2 Å². The zero-order valence-electron chi connectivity index (χ0n) is 21.2. The van der Waals surface area contributed by atoms with Crippen LogP contribution in [0.15, 0.2) is 102 Å². The van der Waals surface area contributed by atoms with Gasteiger partial charge in [0.1, 0.15) is 12.4 Å². The fraction of sp³-hybridized carbons (Fsp3) is 0.156. The normalized spacial score (nSPS) is 22.2. The zero-order chi connectivity index (χ0) is 27.4. The van der Waals surface area contributed by atoms with E-state index >= 15 is 0 Å². The van der Waals surface area contributed by atoms with E-state index in [2.05, 4.69) is 29.4 Å². The van der Waals surface area contributed by atoms with Gasteiger partial charge >= 0.3 is 0 Å². The molecule has 2 bridgehead atoms. The average Bonchev–Trinajstić information content (AvgIpc) is 3.24. The maximum Gasteiger partial charge on any atom is 0.269 e. The standard InChI is InChI=1S/C32H23N3O5/c36-31-29-27-23-8-1-2-9-24(23)28(26-11-4-3-10-25(26)27)30(29)32(37)34(31)33-17-20-6-5-7-22(16-20)40-18-19-12-14-21(15-13-19)35(38)39/h1-17,27-30H,18H2/b33-17-/t27?,28?,29-,30-/m0/s1.